The van der Waals surface area contributed by atoms with Gasteiger partial charge in [0.2, 0.25) is 0 Å². The molecule has 3 aliphatic heterocycles. The Morgan fingerprint density at radius 2 is 0.615 bits per heavy atom. The van der Waals surface area contributed by atoms with Crippen molar-refractivity contribution < 1.29 is 4.74 Å². The average molecular weight is 1200 g/mol. The van der Waals surface area contributed by atoms with E-state index in [4.69, 9.17) is 4.74 Å². The number of nitrogens with zero attached hydrogens (tertiary/aromatic N) is 5. The number of benzene rings is 12. The van der Waals surface area contributed by atoms with E-state index in [0.717, 1.165) is 33.9 Å². The van der Waals surface area contributed by atoms with E-state index in [1.165, 1.54) is 104 Å². The van der Waals surface area contributed by atoms with E-state index in [9.17, 15) is 0 Å². The molecular formula is C84H75N5OS. The Morgan fingerprint density at radius 3 is 1.08 bits per heavy atom. The van der Waals surface area contributed by atoms with Crippen LogP contribution in [0.2, 0.25) is 0 Å². The summed E-state index contributed by atoms with van der Waals surface area (Å²) in [5.41, 5.74) is 22.3. The monoisotopic (exact) mass is 1200 g/mol. The number of fused-ring (bicyclic) bond motifs is 14. The van der Waals surface area contributed by atoms with Crippen LogP contribution in [-0.2, 0) is 17.9 Å². The third-order valence-electron chi connectivity index (χ3n) is 18.4. The van der Waals surface area contributed by atoms with Gasteiger partial charge in [0.05, 0.1) is 33.8 Å². The highest BCUT2D eigenvalue weighted by atomic mass is 32.2. The van der Waals surface area contributed by atoms with Gasteiger partial charge in [0.1, 0.15) is 0 Å². The van der Waals surface area contributed by atoms with Gasteiger partial charge >= 0.3 is 0 Å². The Bertz CT molecular complexity index is 4570. The molecule has 6 nitrogen and oxygen atoms in total. The van der Waals surface area contributed by atoms with Gasteiger partial charge < -0.3 is 24.0 Å². The lowest BCUT2D eigenvalue weighted by Gasteiger charge is -2.40. The van der Waals surface area contributed by atoms with Crippen molar-refractivity contribution in [2.24, 2.45) is 7.05 Å². The Hall–Kier alpha value is -10.3. The molecule has 0 bridgehead atoms. The van der Waals surface area contributed by atoms with Gasteiger partial charge in [-0.3, -0.25) is 0 Å². The van der Waals surface area contributed by atoms with Gasteiger partial charge in [0.25, 0.3) is 0 Å². The molecule has 0 spiro atoms. The maximum Gasteiger partial charge on any atom is 0.151 e. The molecule has 2 aromatic heterocycles. The lowest BCUT2D eigenvalue weighted by molar-refractivity contribution is 0.475. The van der Waals surface area contributed by atoms with Crippen molar-refractivity contribution in [1.82, 2.24) is 9.55 Å². The summed E-state index contributed by atoms with van der Waals surface area (Å²) in [6.07, 6.45) is 0. The molecule has 0 N–H and O–H groups in total. The summed E-state index contributed by atoms with van der Waals surface area (Å²) in [6, 6.07) is 102. The lowest BCUT2D eigenvalue weighted by Crippen LogP contribution is -2.30. The Labute approximate surface area is 540 Å². The molecule has 0 radical (unpaired) electrons. The quantitative estimate of drug-likeness (QED) is 0.141. The van der Waals surface area contributed by atoms with Gasteiger partial charge in [0, 0.05) is 92.8 Å². The largest absolute Gasteiger partial charge is 0.453 e. The van der Waals surface area contributed by atoms with Crippen LogP contribution in [0.5, 0.6) is 11.5 Å². The first kappa shape index (κ1) is 59.6. The molecule has 0 fully saturated rings. The predicted octanol–water partition coefficient (Wildman–Crippen LogP) is 22.6. The van der Waals surface area contributed by atoms with Crippen molar-refractivity contribution in [3.63, 3.8) is 0 Å². The molecule has 7 heteroatoms. The van der Waals surface area contributed by atoms with Crippen molar-refractivity contribution in [2.75, 3.05) is 35.8 Å². The standard InChI is InChI=1S/C16H17N.C15H14.C14H11N.C13H11NO.C13H11NS.C13H11N/c1-16(2)12-8-4-6-10-14(12)17(3)15-11-7-5-9-13(15)16;1-15(2)13-9-5-3-7-11(13)12-8-4-6-10-14(12)15;1-10-11-6-2-4-8-13(11)15-14-9-5-3-7-12(10)14;2*1-14-10-6-2-4-8-12(10)15-13-9-5-3-7-11(13)14;1-14-12-8-4-2-6-10(12)11-7-3-5-9-13(11)14/h4-11H,1-3H3;3-10H,1-2H3;3*2-9H,1H3;2-9H,1H3. The van der Waals surface area contributed by atoms with Gasteiger partial charge in [-0.2, -0.15) is 0 Å². The van der Waals surface area contributed by atoms with Crippen LogP contribution in [0.3, 0.4) is 0 Å². The summed E-state index contributed by atoms with van der Waals surface area (Å²) in [7, 11) is 8.44. The molecule has 0 unspecified atom stereocenters. The molecule has 5 heterocycles. The van der Waals surface area contributed by atoms with Crippen molar-refractivity contribution in [3.05, 3.63) is 319 Å². The first-order chi connectivity index (χ1) is 44.3. The number of hydrogen-bond acceptors (Lipinski definition) is 6. The molecule has 0 amide bonds. The molecule has 0 saturated carbocycles. The minimum absolute atomic E-state index is 0.0830. The first-order valence-electron chi connectivity index (χ1n) is 31.3. The van der Waals surface area contributed by atoms with Crippen LogP contribution in [0.4, 0.5) is 34.1 Å². The molecule has 1 aliphatic carbocycles. The van der Waals surface area contributed by atoms with Gasteiger partial charge in [0.15, 0.2) is 11.5 Å². The van der Waals surface area contributed by atoms with Crippen LogP contribution < -0.4 is 19.4 Å². The molecule has 14 aromatic rings. The van der Waals surface area contributed by atoms with E-state index < -0.39 is 0 Å². The minimum atomic E-state index is 0.0830. The van der Waals surface area contributed by atoms with E-state index in [-0.39, 0.29) is 10.8 Å². The molecule has 448 valence electrons. The number of aromatic nitrogens is 2. The third kappa shape index (κ3) is 11.4. The molecule has 12 aromatic carbocycles. The van der Waals surface area contributed by atoms with Gasteiger partial charge in [-0.15, -0.1) is 0 Å². The van der Waals surface area contributed by atoms with Crippen LogP contribution >= 0.6 is 11.8 Å². The Kier molecular flexibility index (Phi) is 16.6. The summed E-state index contributed by atoms with van der Waals surface area (Å²) in [4.78, 5) is 14.0. The van der Waals surface area contributed by atoms with Crippen LogP contribution in [0.15, 0.2) is 301 Å². The second-order valence-corrected chi connectivity index (χ2v) is 25.6. The van der Waals surface area contributed by atoms with E-state index >= 15 is 0 Å². The van der Waals surface area contributed by atoms with Crippen LogP contribution in [0, 0.1) is 6.92 Å². The van der Waals surface area contributed by atoms with Gasteiger partial charge in [-0.05, 0) is 131 Å². The van der Waals surface area contributed by atoms with Crippen LogP contribution in [0.1, 0.15) is 55.5 Å². The van der Waals surface area contributed by atoms with E-state index in [2.05, 4.69) is 330 Å². The van der Waals surface area contributed by atoms with Crippen LogP contribution in [-0.4, -0.2) is 30.7 Å². The zero-order valence-electron chi connectivity index (χ0n) is 53.3. The maximum atomic E-state index is 5.81. The molecular weight excluding hydrogens is 1130 g/mol. The Balaban J connectivity index is 0.000000100. The third-order valence-corrected chi connectivity index (χ3v) is 19.5. The fraction of sp³-hybridized carbons (Fsp3) is 0.131. The van der Waals surface area contributed by atoms with Crippen molar-refractivity contribution in [1.29, 1.82) is 0 Å². The van der Waals surface area contributed by atoms with E-state index in [1.807, 2.05) is 60.3 Å². The van der Waals surface area contributed by atoms with Crippen molar-refractivity contribution in [2.45, 2.75) is 55.2 Å². The molecule has 4 aliphatic rings. The number of rotatable bonds is 0. The lowest BCUT2D eigenvalue weighted by atomic mass is 9.74. The summed E-state index contributed by atoms with van der Waals surface area (Å²) in [6.45, 7) is 11.4. The average Bonchev–Trinajstić information content (AvgIpc) is 1.36. The zero-order chi connectivity index (χ0) is 62.8. The SMILES string of the molecule is CC1(C)c2ccccc2-c2ccccc21.CN1c2ccccc2C(C)(C)c2ccccc21.CN1c2ccccc2Oc2ccccc21.CN1c2ccccc2Sc2ccccc21.Cc1c2ccccc2nc2ccccc12.Cn1c2ccccc2c2ccccc21. The summed E-state index contributed by atoms with van der Waals surface area (Å²) in [5.74, 6) is 1.83. The number of ether oxygens (including phenoxy) is 1. The van der Waals surface area contributed by atoms with Gasteiger partial charge in [-0.1, -0.05) is 246 Å². The highest BCUT2D eigenvalue weighted by Crippen LogP contribution is 2.51. The van der Waals surface area contributed by atoms with E-state index in [0.29, 0.717) is 0 Å². The molecule has 0 saturated heterocycles. The maximum absolute atomic E-state index is 5.81. The number of anilines is 6. The van der Waals surface area contributed by atoms with Gasteiger partial charge in [-0.25, -0.2) is 4.98 Å². The summed E-state index contributed by atoms with van der Waals surface area (Å²) < 4.78 is 8.05. The van der Waals surface area contributed by atoms with Crippen molar-refractivity contribution >= 4 is 89.5 Å². The van der Waals surface area contributed by atoms with E-state index in [1.54, 1.807) is 0 Å². The second kappa shape index (κ2) is 25.3. The smallest absolute Gasteiger partial charge is 0.151 e. The number of hydrogen-bond donors (Lipinski definition) is 0. The fourth-order valence-corrected chi connectivity index (χ4v) is 14.6. The number of aryl methyl sites for hydroxylation is 2. The topological polar surface area (TPSA) is 36.8 Å². The van der Waals surface area contributed by atoms with Crippen molar-refractivity contribution in [3.8, 4) is 22.6 Å². The summed E-state index contributed by atoms with van der Waals surface area (Å²) in [5, 5.41) is 5.17. The molecule has 0 atom stereocenters. The summed E-state index contributed by atoms with van der Waals surface area (Å²) >= 11 is 1.84. The minimum Gasteiger partial charge on any atom is -0.453 e. The normalized spacial score (nSPS) is 13.5. The zero-order valence-corrected chi connectivity index (χ0v) is 54.1. The van der Waals surface area contributed by atoms with Crippen LogP contribution in [0.25, 0.3) is 54.7 Å². The second-order valence-electron chi connectivity index (χ2n) is 24.5. The Morgan fingerprint density at radius 1 is 0.308 bits per heavy atom. The fourth-order valence-electron chi connectivity index (χ4n) is 13.5. The highest BCUT2D eigenvalue weighted by molar-refractivity contribution is 7.99. The predicted molar refractivity (Wildman–Crippen MR) is 388 cm³/mol. The highest BCUT2D eigenvalue weighted by Gasteiger charge is 2.35. The number of pyridine rings is 1. The molecule has 18 rings (SSSR count). The molecule has 91 heavy (non-hydrogen) atoms. The first-order valence-corrected chi connectivity index (χ1v) is 32.1. The number of para-hydroxylation sites is 12.